The largest absolute Gasteiger partial charge is 0.444 e. The zero-order valence-electron chi connectivity index (χ0n) is 15.8. The number of carbonyl (C=O) groups excluding carboxylic acids is 1. The second-order valence-corrected chi connectivity index (χ2v) is 7.37. The molecule has 0 aromatic carbocycles. The van der Waals surface area contributed by atoms with E-state index in [1.165, 1.54) is 44.7 Å². The number of nitrogens with zero attached hydrogens (tertiary/aromatic N) is 4. The molecule has 0 atom stereocenters. The first-order valence-corrected chi connectivity index (χ1v) is 9.09. The lowest BCUT2D eigenvalue weighted by Gasteiger charge is -2.19. The molecular formula is C19H27N5O2. The Morgan fingerprint density at radius 1 is 1.27 bits per heavy atom. The smallest absolute Gasteiger partial charge is 0.407 e. The van der Waals surface area contributed by atoms with Crippen molar-refractivity contribution in [1.29, 1.82) is 5.26 Å². The highest BCUT2D eigenvalue weighted by atomic mass is 16.6. The van der Waals surface area contributed by atoms with Gasteiger partial charge in [0.05, 0.1) is 30.2 Å². The van der Waals surface area contributed by atoms with Crippen molar-refractivity contribution >= 4 is 11.7 Å². The van der Waals surface area contributed by atoms with E-state index in [9.17, 15) is 4.79 Å². The third-order valence-corrected chi connectivity index (χ3v) is 3.81. The fourth-order valence-electron chi connectivity index (χ4n) is 2.61. The maximum absolute atomic E-state index is 11.5. The lowest BCUT2D eigenvalue weighted by molar-refractivity contribution is 0.0523. The first-order valence-electron chi connectivity index (χ1n) is 9.09. The Balaban J connectivity index is 0.000000342. The normalized spacial score (nSPS) is 14.1. The van der Waals surface area contributed by atoms with E-state index in [-0.39, 0.29) is 6.54 Å². The van der Waals surface area contributed by atoms with Crippen LogP contribution in [0, 0.1) is 11.3 Å². The summed E-state index contributed by atoms with van der Waals surface area (Å²) in [5.41, 5.74) is 1.10. The number of fused-ring (bicyclic) bond motifs is 1. The molecule has 1 saturated carbocycles. The third kappa shape index (κ3) is 6.71. The SMILES string of the molecule is C1CCCCC1.CC(C)(C)OC(=O)NCc1cn2ncc(C#N)cc2n1. The van der Waals surface area contributed by atoms with Gasteiger partial charge in [-0.1, -0.05) is 38.5 Å². The molecule has 1 aliphatic rings. The summed E-state index contributed by atoms with van der Waals surface area (Å²) < 4.78 is 6.68. The fraction of sp³-hybridized carbons (Fsp3) is 0.579. The van der Waals surface area contributed by atoms with Crippen LogP contribution >= 0.6 is 0 Å². The molecule has 7 heteroatoms. The van der Waals surface area contributed by atoms with E-state index in [2.05, 4.69) is 15.4 Å². The number of nitriles is 1. The monoisotopic (exact) mass is 357 g/mol. The molecule has 2 heterocycles. The van der Waals surface area contributed by atoms with Crippen molar-refractivity contribution in [1.82, 2.24) is 19.9 Å². The van der Waals surface area contributed by atoms with E-state index >= 15 is 0 Å². The Morgan fingerprint density at radius 2 is 1.88 bits per heavy atom. The van der Waals surface area contributed by atoms with E-state index in [0.717, 1.165) is 0 Å². The first kappa shape index (κ1) is 19.7. The zero-order chi connectivity index (χ0) is 19.0. The Kier molecular flexibility index (Phi) is 6.96. The quantitative estimate of drug-likeness (QED) is 0.878. The second-order valence-electron chi connectivity index (χ2n) is 7.37. The van der Waals surface area contributed by atoms with Gasteiger partial charge in [0.25, 0.3) is 0 Å². The summed E-state index contributed by atoms with van der Waals surface area (Å²) in [7, 11) is 0. The van der Waals surface area contributed by atoms with E-state index in [1.54, 1.807) is 37.5 Å². The molecule has 0 radical (unpaired) electrons. The molecule has 140 valence electrons. The summed E-state index contributed by atoms with van der Waals surface area (Å²) in [5.74, 6) is 0. The molecular weight excluding hydrogens is 330 g/mol. The molecule has 0 saturated heterocycles. The highest BCUT2D eigenvalue weighted by Gasteiger charge is 2.16. The van der Waals surface area contributed by atoms with E-state index in [4.69, 9.17) is 10.00 Å². The van der Waals surface area contributed by atoms with Crippen LogP contribution in [-0.2, 0) is 11.3 Å². The van der Waals surface area contributed by atoms with Gasteiger partial charge >= 0.3 is 6.09 Å². The number of aromatic nitrogens is 3. The number of hydrogen-bond acceptors (Lipinski definition) is 5. The Hall–Kier alpha value is -2.62. The summed E-state index contributed by atoms with van der Waals surface area (Å²) in [6.45, 7) is 5.63. The molecule has 2 aromatic heterocycles. The van der Waals surface area contributed by atoms with Crippen molar-refractivity contribution in [3.63, 3.8) is 0 Å². The molecule has 1 N–H and O–H groups in total. The maximum Gasteiger partial charge on any atom is 0.407 e. The summed E-state index contributed by atoms with van der Waals surface area (Å²) >= 11 is 0. The van der Waals surface area contributed by atoms with Gasteiger partial charge in [-0.15, -0.1) is 0 Å². The number of carbonyl (C=O) groups is 1. The first-order chi connectivity index (χ1) is 12.4. The average Bonchev–Trinajstić information content (AvgIpc) is 3.02. The molecule has 1 fully saturated rings. The maximum atomic E-state index is 11.5. The standard InChI is InChI=1S/C13H15N5O2.C6H12/c1-13(2,3)20-12(19)15-7-10-8-18-11(17-10)4-9(5-14)6-16-18;1-2-4-6-5-3-1/h4,6,8H,7H2,1-3H3,(H,15,19);1-6H2. The topological polar surface area (TPSA) is 92.3 Å². The third-order valence-electron chi connectivity index (χ3n) is 3.81. The van der Waals surface area contributed by atoms with Gasteiger partial charge in [0.1, 0.15) is 11.7 Å². The Morgan fingerprint density at radius 3 is 2.42 bits per heavy atom. The lowest BCUT2D eigenvalue weighted by Crippen LogP contribution is -2.32. The Bertz CT molecular complexity index is 755. The molecule has 0 bridgehead atoms. The highest BCUT2D eigenvalue weighted by molar-refractivity contribution is 5.67. The van der Waals surface area contributed by atoms with E-state index in [0.29, 0.717) is 16.9 Å². The van der Waals surface area contributed by atoms with Crippen LogP contribution in [0.2, 0.25) is 0 Å². The summed E-state index contributed by atoms with van der Waals surface area (Å²) in [6.07, 6.45) is 11.6. The number of imidazole rings is 1. The van der Waals surface area contributed by atoms with Crippen LogP contribution in [0.15, 0.2) is 18.5 Å². The predicted molar refractivity (Wildman–Crippen MR) is 98.5 cm³/mol. The Labute approximate surface area is 154 Å². The average molecular weight is 357 g/mol. The van der Waals surface area contributed by atoms with Crippen molar-refractivity contribution in [3.8, 4) is 6.07 Å². The second kappa shape index (κ2) is 9.18. The molecule has 26 heavy (non-hydrogen) atoms. The van der Waals surface area contributed by atoms with Crippen LogP contribution in [0.1, 0.15) is 70.6 Å². The van der Waals surface area contributed by atoms with Crippen LogP contribution < -0.4 is 5.32 Å². The minimum Gasteiger partial charge on any atom is -0.444 e. The number of nitrogens with one attached hydrogen (secondary N) is 1. The highest BCUT2D eigenvalue weighted by Crippen LogP contribution is 2.15. The van der Waals surface area contributed by atoms with Crippen molar-refractivity contribution in [3.05, 3.63) is 29.7 Å². The van der Waals surface area contributed by atoms with Gasteiger partial charge in [-0.25, -0.2) is 14.3 Å². The minimum atomic E-state index is -0.535. The van der Waals surface area contributed by atoms with E-state index < -0.39 is 11.7 Å². The number of alkyl carbamates (subject to hydrolysis) is 1. The molecule has 2 aromatic rings. The summed E-state index contributed by atoms with van der Waals surface area (Å²) in [5, 5.41) is 15.4. The number of rotatable bonds is 2. The van der Waals surface area contributed by atoms with Crippen LogP contribution in [0.4, 0.5) is 4.79 Å². The molecule has 0 spiro atoms. The van der Waals surface area contributed by atoms with Gasteiger partial charge in [-0.05, 0) is 20.8 Å². The molecule has 7 nitrogen and oxygen atoms in total. The predicted octanol–water partition coefficient (Wildman–Crippen LogP) is 3.97. The van der Waals surface area contributed by atoms with Crippen molar-refractivity contribution in [2.45, 2.75) is 71.4 Å². The van der Waals surface area contributed by atoms with E-state index in [1.807, 2.05) is 6.07 Å². The van der Waals surface area contributed by atoms with Gasteiger partial charge in [0.2, 0.25) is 0 Å². The zero-order valence-corrected chi connectivity index (χ0v) is 15.8. The van der Waals surface area contributed by atoms with Crippen LogP contribution in [0.5, 0.6) is 0 Å². The minimum absolute atomic E-state index is 0.236. The van der Waals surface area contributed by atoms with Gasteiger partial charge in [-0.2, -0.15) is 10.4 Å². The summed E-state index contributed by atoms with van der Waals surface area (Å²) in [6, 6.07) is 3.63. The van der Waals surface area contributed by atoms with Crippen molar-refractivity contribution < 1.29 is 9.53 Å². The molecule has 1 amide bonds. The molecule has 1 aliphatic carbocycles. The number of hydrogen-bond donors (Lipinski definition) is 1. The van der Waals surface area contributed by atoms with Gasteiger partial charge in [-0.3, -0.25) is 0 Å². The van der Waals surface area contributed by atoms with Crippen LogP contribution in [0.25, 0.3) is 5.65 Å². The van der Waals surface area contributed by atoms with Crippen LogP contribution in [-0.4, -0.2) is 26.3 Å². The molecule has 3 rings (SSSR count). The van der Waals surface area contributed by atoms with Gasteiger partial charge < -0.3 is 10.1 Å². The van der Waals surface area contributed by atoms with Crippen molar-refractivity contribution in [2.75, 3.05) is 0 Å². The molecule has 0 unspecified atom stereocenters. The number of amides is 1. The van der Waals surface area contributed by atoms with Crippen molar-refractivity contribution in [2.24, 2.45) is 0 Å². The fourth-order valence-corrected chi connectivity index (χ4v) is 2.61. The molecule has 0 aliphatic heterocycles. The summed E-state index contributed by atoms with van der Waals surface area (Å²) in [4.78, 5) is 15.8. The number of ether oxygens (including phenoxy) is 1. The van der Waals surface area contributed by atoms with Crippen LogP contribution in [0.3, 0.4) is 0 Å². The van der Waals surface area contributed by atoms with Gasteiger partial charge in [0, 0.05) is 6.07 Å². The van der Waals surface area contributed by atoms with Gasteiger partial charge in [0.15, 0.2) is 5.65 Å². The lowest BCUT2D eigenvalue weighted by atomic mass is 10.0.